The van der Waals surface area contributed by atoms with Gasteiger partial charge >= 0.3 is 12.0 Å². The summed E-state index contributed by atoms with van der Waals surface area (Å²) in [5.74, 6) is -2.40. The minimum atomic E-state index is -1.79. The van der Waals surface area contributed by atoms with E-state index in [-0.39, 0.29) is 24.8 Å². The zero-order valence-corrected chi connectivity index (χ0v) is 34.2. The second-order valence-electron chi connectivity index (χ2n) is 16.4. The molecule has 5 N–H and O–H groups in total. The van der Waals surface area contributed by atoms with Crippen molar-refractivity contribution in [1.82, 2.24) is 10.2 Å². The summed E-state index contributed by atoms with van der Waals surface area (Å²) < 4.78 is 25.8. The fraction of sp³-hybridized carbons (Fsp3) is 0.667. The lowest BCUT2D eigenvalue weighted by Crippen LogP contribution is -2.62. The molecule has 2 amide bonds. The fourth-order valence-corrected chi connectivity index (χ4v) is 8.14. The lowest BCUT2D eigenvalue weighted by Gasteiger charge is -2.48. The van der Waals surface area contributed by atoms with E-state index in [1.807, 2.05) is 62.4 Å². The van der Waals surface area contributed by atoms with E-state index < -0.39 is 84.0 Å². The number of rotatable bonds is 7. The molecule has 55 heavy (non-hydrogen) atoms. The minimum absolute atomic E-state index is 0.181. The van der Waals surface area contributed by atoms with Crippen LogP contribution in [-0.2, 0) is 19.0 Å². The van der Waals surface area contributed by atoms with Crippen molar-refractivity contribution in [2.45, 2.75) is 141 Å². The van der Waals surface area contributed by atoms with Crippen molar-refractivity contribution in [3.63, 3.8) is 0 Å². The quantitative estimate of drug-likeness (QED) is 0.254. The summed E-state index contributed by atoms with van der Waals surface area (Å²) in [5, 5.41) is 50.1. The van der Waals surface area contributed by atoms with Crippen LogP contribution in [0.2, 0.25) is 0 Å². The first-order valence-electron chi connectivity index (χ1n) is 19.6. The van der Waals surface area contributed by atoms with Gasteiger partial charge in [-0.25, -0.2) is 4.79 Å². The average molecular weight is 772 g/mol. The Bertz CT molecular complexity index is 1510. The smallest absolute Gasteiger partial charge is 0.324 e. The molecule has 4 rings (SSSR count). The van der Waals surface area contributed by atoms with Crippen molar-refractivity contribution in [2.24, 2.45) is 17.8 Å². The number of esters is 1. The van der Waals surface area contributed by atoms with Crippen LogP contribution in [0.1, 0.15) is 74.7 Å². The number of amides is 2. The number of aliphatic hydroxyl groups is 4. The maximum Gasteiger partial charge on any atom is 0.324 e. The number of hydrogen-bond acceptors (Lipinski definition) is 11. The maximum atomic E-state index is 14.0. The molecule has 2 heterocycles. The van der Waals surface area contributed by atoms with Crippen LogP contribution < -0.4 is 15.0 Å². The first-order chi connectivity index (χ1) is 25.8. The van der Waals surface area contributed by atoms with E-state index in [0.29, 0.717) is 18.7 Å². The number of nitrogens with zero attached hydrogens (tertiary/aromatic N) is 2. The minimum Gasteiger partial charge on any atom is -0.483 e. The van der Waals surface area contributed by atoms with Gasteiger partial charge in [-0.05, 0) is 90.6 Å². The summed E-state index contributed by atoms with van der Waals surface area (Å²) in [5.41, 5.74) is -2.68. The zero-order valence-electron chi connectivity index (χ0n) is 34.2. The summed E-state index contributed by atoms with van der Waals surface area (Å²) in [6.45, 7) is 14.0. The van der Waals surface area contributed by atoms with Gasteiger partial charge in [-0.15, -0.1) is 0 Å². The molecule has 2 saturated heterocycles. The molecule has 2 aromatic carbocycles. The Morgan fingerprint density at radius 1 is 0.964 bits per heavy atom. The van der Waals surface area contributed by atoms with Gasteiger partial charge in [-0.2, -0.15) is 0 Å². The van der Waals surface area contributed by atoms with E-state index in [2.05, 4.69) is 5.32 Å². The number of anilines is 1. The largest absolute Gasteiger partial charge is 0.483 e. The van der Waals surface area contributed by atoms with Crippen molar-refractivity contribution in [1.29, 1.82) is 0 Å². The van der Waals surface area contributed by atoms with Crippen LogP contribution in [0.4, 0.5) is 10.5 Å². The number of aliphatic hydroxyl groups excluding tert-OH is 2. The monoisotopic (exact) mass is 771 g/mol. The third-order valence-electron chi connectivity index (χ3n) is 11.5. The molecule has 13 heteroatoms. The summed E-state index contributed by atoms with van der Waals surface area (Å²) >= 11 is 0. The first-order valence-corrected chi connectivity index (χ1v) is 19.6. The third kappa shape index (κ3) is 10.6. The van der Waals surface area contributed by atoms with Gasteiger partial charge < -0.3 is 49.6 Å². The van der Waals surface area contributed by atoms with E-state index >= 15 is 0 Å². The van der Waals surface area contributed by atoms with Gasteiger partial charge in [0.15, 0.2) is 12.4 Å². The van der Waals surface area contributed by atoms with Crippen LogP contribution in [0.15, 0.2) is 60.7 Å². The molecule has 0 unspecified atom stereocenters. The Morgan fingerprint density at radius 3 is 2.16 bits per heavy atom. The summed E-state index contributed by atoms with van der Waals surface area (Å²) in [6, 6.07) is 17.1. The Hall–Kier alpha value is -3.30. The number of carbonyl (C=O) groups excluding carboxylic acids is 2. The van der Waals surface area contributed by atoms with Crippen LogP contribution >= 0.6 is 0 Å². The molecule has 2 aromatic rings. The number of benzene rings is 2. The second kappa shape index (κ2) is 18.8. The van der Waals surface area contributed by atoms with E-state index in [4.69, 9.17) is 18.9 Å². The molecule has 0 radical (unpaired) electrons. The third-order valence-corrected chi connectivity index (χ3v) is 11.5. The molecule has 0 bridgehead atoms. The molecule has 13 nitrogen and oxygen atoms in total. The fourth-order valence-electron chi connectivity index (χ4n) is 8.14. The number of cyclic esters (lactones) is 1. The van der Waals surface area contributed by atoms with E-state index in [9.17, 15) is 30.0 Å². The highest BCUT2D eigenvalue weighted by molar-refractivity contribution is 5.91. The number of para-hydroxylation sites is 2. The molecule has 14 atom stereocenters. The molecule has 2 fully saturated rings. The number of urea groups is 1. The van der Waals surface area contributed by atoms with Crippen LogP contribution in [-0.4, -0.2) is 124 Å². The summed E-state index contributed by atoms with van der Waals surface area (Å²) in [4.78, 5) is 30.8. The van der Waals surface area contributed by atoms with Gasteiger partial charge in [-0.1, -0.05) is 57.2 Å². The lowest BCUT2D eigenvalue weighted by atomic mass is 9.78. The van der Waals surface area contributed by atoms with Crippen LogP contribution in [0.5, 0.6) is 5.75 Å². The van der Waals surface area contributed by atoms with E-state index in [0.717, 1.165) is 5.69 Å². The van der Waals surface area contributed by atoms with Crippen LogP contribution in [0.3, 0.4) is 0 Å². The van der Waals surface area contributed by atoms with Crippen molar-refractivity contribution in [3.05, 3.63) is 60.7 Å². The summed E-state index contributed by atoms with van der Waals surface area (Å²) in [7, 11) is 3.43. The number of carbonyl (C=O) groups is 2. The Morgan fingerprint density at radius 2 is 1.56 bits per heavy atom. The van der Waals surface area contributed by atoms with E-state index in [1.54, 1.807) is 63.7 Å². The number of nitrogens with one attached hydrogen (secondary N) is 1. The Kier molecular flexibility index (Phi) is 15.2. The molecule has 2 aliphatic rings. The molecule has 0 aliphatic carbocycles. The highest BCUT2D eigenvalue weighted by Crippen LogP contribution is 2.37. The van der Waals surface area contributed by atoms with Gasteiger partial charge in [0, 0.05) is 31.7 Å². The van der Waals surface area contributed by atoms with Gasteiger partial charge in [-0.3, -0.25) is 9.69 Å². The number of likely N-dealkylation sites (N-methyl/N-ethyl adjacent to an activating group) is 1. The topological polar surface area (TPSA) is 170 Å². The van der Waals surface area contributed by atoms with Crippen LogP contribution in [0.25, 0.3) is 0 Å². The molecular weight excluding hydrogens is 706 g/mol. The first kappa shape index (κ1) is 44.4. The van der Waals surface area contributed by atoms with E-state index in [1.165, 1.54) is 13.8 Å². The highest BCUT2D eigenvalue weighted by atomic mass is 16.7. The molecular formula is C42H65N3O10. The van der Waals surface area contributed by atoms with Gasteiger partial charge in [0.2, 0.25) is 0 Å². The average Bonchev–Trinajstić information content (AvgIpc) is 3.16. The highest BCUT2D eigenvalue weighted by Gasteiger charge is 2.51. The summed E-state index contributed by atoms with van der Waals surface area (Å²) in [6.07, 6.45) is -6.45. The van der Waals surface area contributed by atoms with Gasteiger partial charge in [0.05, 0.1) is 35.9 Å². The Balaban J connectivity index is 1.74. The molecule has 308 valence electrons. The molecule has 2 aliphatic heterocycles. The Labute approximate surface area is 326 Å². The molecule has 0 aromatic heterocycles. The molecule has 0 saturated carbocycles. The predicted molar refractivity (Wildman–Crippen MR) is 209 cm³/mol. The standard InChI is InChI=1S/C42H65N3O10/c1-11-33-42(8,51)36(47)29(6)43-24-25(2)23-41(7,50)37(27(4)34(46)28(5)38(48)54-33)55-39-35(53-31-20-16-13-17-21-31)32(22-26(3)52-39)45(10)40(49)44(9)30-18-14-12-15-19-30/h12-21,25-29,32-37,39,43,46-47,50-51H,11,22-24H2,1-10H3/t25-,26-,27+,28-,29-,32+,33-,34+,35-,36-,37-,39+,41-,42-/m1/s1. The van der Waals surface area contributed by atoms with Gasteiger partial charge in [0.25, 0.3) is 0 Å². The van der Waals surface area contributed by atoms with Crippen molar-refractivity contribution in [3.8, 4) is 5.75 Å². The normalized spacial score (nSPS) is 38.2. The van der Waals surface area contributed by atoms with Crippen LogP contribution in [0, 0.1) is 17.8 Å². The van der Waals surface area contributed by atoms with Gasteiger partial charge in [0.1, 0.15) is 23.6 Å². The number of hydrogen-bond donors (Lipinski definition) is 5. The van der Waals surface area contributed by atoms with Crippen molar-refractivity contribution in [2.75, 3.05) is 25.5 Å². The molecule has 0 spiro atoms. The lowest BCUT2D eigenvalue weighted by molar-refractivity contribution is -0.293. The maximum absolute atomic E-state index is 14.0. The predicted octanol–water partition coefficient (Wildman–Crippen LogP) is 4.35. The second-order valence-corrected chi connectivity index (χ2v) is 16.4. The zero-order chi connectivity index (χ0) is 40.8. The SMILES string of the molecule is CC[C@H]1OC(=O)[C@H](C)[C@@H](O)[C@H](C)[C@@H](O[C@@H]2O[C@H](C)C[C@H](N(C)C(=O)N(C)c3ccccc3)[C@H]2Oc2ccccc2)[C@](C)(O)C[C@@H](C)CN[C@H](C)[C@@H](O)[C@]1(C)O. The van der Waals surface area contributed by atoms with Crippen molar-refractivity contribution < 1.29 is 49.0 Å². The number of ether oxygens (including phenoxy) is 4. The van der Waals surface area contributed by atoms with Crippen molar-refractivity contribution >= 4 is 17.7 Å².